The Morgan fingerprint density at radius 1 is 1.44 bits per heavy atom. The molecule has 1 aromatic carbocycles. The molecule has 96 valence electrons. The topological polar surface area (TPSA) is 47.3 Å². The van der Waals surface area contributed by atoms with Crippen molar-refractivity contribution in [3.05, 3.63) is 28.1 Å². The molecule has 4 nitrogen and oxygen atoms in total. The van der Waals surface area contributed by atoms with Gasteiger partial charge in [0.1, 0.15) is 5.52 Å². The highest BCUT2D eigenvalue weighted by atomic mass is 35.5. The third kappa shape index (κ3) is 2.10. The summed E-state index contributed by atoms with van der Waals surface area (Å²) in [6.07, 6.45) is 1.04. The van der Waals surface area contributed by atoms with Crippen LogP contribution < -0.4 is 5.32 Å². The zero-order valence-electron chi connectivity index (χ0n) is 9.74. The van der Waals surface area contributed by atoms with Crippen LogP contribution in [0.2, 0.25) is 10.0 Å². The fourth-order valence-electron chi connectivity index (χ4n) is 2.20. The number of nitrogens with zero attached hydrogens (tertiary/aromatic N) is 1. The molecule has 1 aliphatic heterocycles. The van der Waals surface area contributed by atoms with Crippen LogP contribution >= 0.6 is 23.2 Å². The largest absolute Gasteiger partial charge is 0.437 e. The van der Waals surface area contributed by atoms with Crippen LogP contribution in [0.25, 0.3) is 11.1 Å². The van der Waals surface area contributed by atoms with E-state index in [1.165, 1.54) is 0 Å². The second-order valence-corrected chi connectivity index (χ2v) is 5.19. The van der Waals surface area contributed by atoms with Crippen molar-refractivity contribution in [3.8, 4) is 0 Å². The van der Waals surface area contributed by atoms with Crippen LogP contribution in [0.4, 0.5) is 0 Å². The average Bonchev–Trinajstić information content (AvgIpc) is 2.93. The summed E-state index contributed by atoms with van der Waals surface area (Å²) in [4.78, 5) is 4.43. The molecule has 1 saturated heterocycles. The Morgan fingerprint density at radius 2 is 2.28 bits per heavy atom. The van der Waals surface area contributed by atoms with Crippen LogP contribution in [-0.4, -0.2) is 24.7 Å². The smallest absolute Gasteiger partial charge is 0.212 e. The van der Waals surface area contributed by atoms with Crippen molar-refractivity contribution < 1.29 is 9.15 Å². The fraction of sp³-hybridized carbons (Fsp3) is 0.417. The Hall–Kier alpha value is -0.810. The van der Waals surface area contributed by atoms with Gasteiger partial charge in [0.25, 0.3) is 0 Å². The van der Waals surface area contributed by atoms with Crippen molar-refractivity contribution in [2.45, 2.75) is 18.6 Å². The number of halogens is 2. The minimum absolute atomic E-state index is 0.0668. The van der Waals surface area contributed by atoms with Gasteiger partial charge >= 0.3 is 0 Å². The molecular weight excluding hydrogens is 275 g/mol. The van der Waals surface area contributed by atoms with Crippen LogP contribution in [0.1, 0.15) is 18.4 Å². The van der Waals surface area contributed by atoms with Gasteiger partial charge in [-0.05, 0) is 18.6 Å². The Bertz CT molecular complexity index is 585. The summed E-state index contributed by atoms with van der Waals surface area (Å²) in [5.41, 5.74) is 1.27. The zero-order chi connectivity index (χ0) is 12.7. The maximum absolute atomic E-state index is 6.07. The molecule has 2 heterocycles. The monoisotopic (exact) mass is 286 g/mol. The van der Waals surface area contributed by atoms with Gasteiger partial charge in [-0.3, -0.25) is 0 Å². The van der Waals surface area contributed by atoms with Gasteiger partial charge in [0.05, 0.1) is 17.2 Å². The average molecular weight is 287 g/mol. The summed E-state index contributed by atoms with van der Waals surface area (Å²) in [6, 6.07) is 3.47. The standard InChI is InChI=1S/C12H12Cl2N2O2/c1-17-7-4-10(15-5-7)12-16-9-3-6(13)2-8(14)11(9)18-12/h2-3,7,10,15H,4-5H2,1H3. The molecule has 1 aliphatic rings. The molecule has 6 heteroatoms. The highest BCUT2D eigenvalue weighted by molar-refractivity contribution is 6.37. The number of nitrogens with one attached hydrogen (secondary N) is 1. The third-order valence-electron chi connectivity index (χ3n) is 3.15. The second kappa shape index (κ2) is 4.70. The van der Waals surface area contributed by atoms with Crippen molar-refractivity contribution in [1.82, 2.24) is 10.3 Å². The number of benzene rings is 1. The molecule has 2 aromatic rings. The number of rotatable bonds is 2. The molecule has 1 aromatic heterocycles. The van der Waals surface area contributed by atoms with Gasteiger partial charge in [0.2, 0.25) is 5.89 Å². The van der Waals surface area contributed by atoms with Gasteiger partial charge < -0.3 is 14.5 Å². The van der Waals surface area contributed by atoms with E-state index < -0.39 is 0 Å². The number of oxazole rings is 1. The Labute approximate surface area is 114 Å². The van der Waals surface area contributed by atoms with Gasteiger partial charge in [0, 0.05) is 18.7 Å². The van der Waals surface area contributed by atoms with E-state index in [0.29, 0.717) is 27.0 Å². The zero-order valence-corrected chi connectivity index (χ0v) is 11.3. The molecule has 2 unspecified atom stereocenters. The first-order valence-corrected chi connectivity index (χ1v) is 6.44. The van der Waals surface area contributed by atoms with Crippen molar-refractivity contribution in [3.63, 3.8) is 0 Å². The van der Waals surface area contributed by atoms with Crippen LogP contribution in [0, 0.1) is 0 Å². The SMILES string of the molecule is COC1CNC(c2nc3cc(Cl)cc(Cl)c3o2)C1. The maximum atomic E-state index is 6.07. The maximum Gasteiger partial charge on any atom is 0.212 e. The first kappa shape index (κ1) is 12.2. The van der Waals surface area contributed by atoms with E-state index in [4.69, 9.17) is 32.4 Å². The van der Waals surface area contributed by atoms with Crippen LogP contribution in [0.5, 0.6) is 0 Å². The molecule has 1 fully saturated rings. The van der Waals surface area contributed by atoms with Gasteiger partial charge in [-0.2, -0.15) is 0 Å². The van der Waals surface area contributed by atoms with Crippen molar-refractivity contribution in [2.75, 3.05) is 13.7 Å². The summed E-state index contributed by atoms with van der Waals surface area (Å²) >= 11 is 12.0. The molecule has 2 atom stereocenters. The molecular formula is C12H12Cl2N2O2. The molecule has 0 saturated carbocycles. The summed E-state index contributed by atoms with van der Waals surface area (Å²) in [5, 5.41) is 4.35. The summed E-state index contributed by atoms with van der Waals surface area (Å²) in [6.45, 7) is 0.800. The van der Waals surface area contributed by atoms with E-state index in [1.54, 1.807) is 19.2 Å². The van der Waals surface area contributed by atoms with E-state index in [2.05, 4.69) is 10.3 Å². The number of fused-ring (bicyclic) bond motifs is 1. The lowest BCUT2D eigenvalue weighted by Gasteiger charge is -2.04. The Balaban J connectivity index is 1.96. The molecule has 0 bridgehead atoms. The lowest BCUT2D eigenvalue weighted by atomic mass is 10.2. The highest BCUT2D eigenvalue weighted by Crippen LogP contribution is 2.32. The lowest BCUT2D eigenvalue weighted by Crippen LogP contribution is -2.16. The van der Waals surface area contributed by atoms with E-state index in [9.17, 15) is 0 Å². The second-order valence-electron chi connectivity index (χ2n) is 4.34. The van der Waals surface area contributed by atoms with Gasteiger partial charge in [-0.15, -0.1) is 0 Å². The first-order valence-electron chi connectivity index (χ1n) is 5.69. The molecule has 18 heavy (non-hydrogen) atoms. The van der Waals surface area contributed by atoms with Crippen LogP contribution in [-0.2, 0) is 4.74 Å². The van der Waals surface area contributed by atoms with Crippen LogP contribution in [0.15, 0.2) is 16.5 Å². The first-order chi connectivity index (χ1) is 8.67. The number of hydrogen-bond donors (Lipinski definition) is 1. The molecule has 0 amide bonds. The van der Waals surface area contributed by atoms with Crippen molar-refractivity contribution in [1.29, 1.82) is 0 Å². The number of hydrogen-bond acceptors (Lipinski definition) is 4. The number of ether oxygens (including phenoxy) is 1. The minimum Gasteiger partial charge on any atom is -0.437 e. The molecule has 1 N–H and O–H groups in total. The van der Waals surface area contributed by atoms with E-state index in [0.717, 1.165) is 13.0 Å². The van der Waals surface area contributed by atoms with E-state index in [1.807, 2.05) is 0 Å². The summed E-state index contributed by atoms with van der Waals surface area (Å²) in [5.74, 6) is 0.633. The molecule has 0 radical (unpaired) electrons. The van der Waals surface area contributed by atoms with E-state index >= 15 is 0 Å². The normalized spacial score (nSPS) is 23.9. The molecule has 3 rings (SSSR count). The van der Waals surface area contributed by atoms with Gasteiger partial charge in [0.15, 0.2) is 5.58 Å². The summed E-state index contributed by atoms with van der Waals surface area (Å²) in [7, 11) is 1.71. The van der Waals surface area contributed by atoms with Crippen molar-refractivity contribution >= 4 is 34.3 Å². The molecule has 0 aliphatic carbocycles. The third-order valence-corrected chi connectivity index (χ3v) is 3.65. The number of methoxy groups -OCH3 is 1. The summed E-state index contributed by atoms with van der Waals surface area (Å²) < 4.78 is 11.0. The Kier molecular flexibility index (Phi) is 3.20. The predicted molar refractivity (Wildman–Crippen MR) is 70.2 cm³/mol. The lowest BCUT2D eigenvalue weighted by molar-refractivity contribution is 0.116. The van der Waals surface area contributed by atoms with Crippen molar-refractivity contribution in [2.24, 2.45) is 0 Å². The van der Waals surface area contributed by atoms with E-state index in [-0.39, 0.29) is 12.1 Å². The Morgan fingerprint density at radius 3 is 3.00 bits per heavy atom. The predicted octanol–water partition coefficient (Wildman–Crippen LogP) is 3.18. The van der Waals surface area contributed by atoms with Gasteiger partial charge in [-0.1, -0.05) is 23.2 Å². The van der Waals surface area contributed by atoms with Crippen LogP contribution in [0.3, 0.4) is 0 Å². The quantitative estimate of drug-likeness (QED) is 0.921. The number of aromatic nitrogens is 1. The fourth-order valence-corrected chi connectivity index (χ4v) is 2.72. The highest BCUT2D eigenvalue weighted by Gasteiger charge is 2.29. The molecule has 0 spiro atoms. The minimum atomic E-state index is 0.0668. The van der Waals surface area contributed by atoms with Gasteiger partial charge in [-0.25, -0.2) is 4.98 Å².